The normalized spacial score (nSPS) is 13.1. The van der Waals surface area contributed by atoms with Crippen molar-refractivity contribution in [3.8, 4) is 0 Å². The Labute approximate surface area is 85.3 Å². The average molecular weight is 197 g/mol. The summed E-state index contributed by atoms with van der Waals surface area (Å²) in [6, 6.07) is 2.05. The molecule has 0 radical (unpaired) electrons. The van der Waals surface area contributed by atoms with Crippen LogP contribution in [-0.2, 0) is 18.4 Å². The Morgan fingerprint density at radius 3 is 2.86 bits per heavy atom. The minimum absolute atomic E-state index is 0.232. The van der Waals surface area contributed by atoms with Crippen LogP contribution >= 0.6 is 0 Å². The first-order chi connectivity index (χ1) is 6.63. The van der Waals surface area contributed by atoms with E-state index in [1.807, 2.05) is 31.8 Å². The molecule has 80 valence electrons. The fourth-order valence-corrected chi connectivity index (χ4v) is 1.37. The van der Waals surface area contributed by atoms with Crippen LogP contribution in [0.2, 0.25) is 0 Å². The third kappa shape index (κ3) is 3.12. The van der Waals surface area contributed by atoms with Crippen LogP contribution in [0.15, 0.2) is 6.07 Å². The maximum Gasteiger partial charge on any atom is 0.0889 e. The van der Waals surface area contributed by atoms with Crippen molar-refractivity contribution < 1.29 is 4.74 Å². The second kappa shape index (κ2) is 5.12. The van der Waals surface area contributed by atoms with Crippen molar-refractivity contribution >= 4 is 0 Å². The van der Waals surface area contributed by atoms with Crippen LogP contribution in [0.3, 0.4) is 0 Å². The van der Waals surface area contributed by atoms with Gasteiger partial charge in [-0.05, 0) is 27.0 Å². The zero-order valence-electron chi connectivity index (χ0n) is 9.37. The van der Waals surface area contributed by atoms with Gasteiger partial charge in [-0.1, -0.05) is 0 Å². The Balaban J connectivity index is 2.41. The highest BCUT2D eigenvalue weighted by atomic mass is 16.5. The molecular formula is C10H19N3O. The van der Waals surface area contributed by atoms with E-state index in [0.29, 0.717) is 6.61 Å². The van der Waals surface area contributed by atoms with Crippen LogP contribution in [0.4, 0.5) is 0 Å². The summed E-state index contributed by atoms with van der Waals surface area (Å²) in [4.78, 5) is 0. The summed E-state index contributed by atoms with van der Waals surface area (Å²) in [5.74, 6) is 0. The number of hydrogen-bond donors (Lipinski definition) is 1. The molecule has 4 heteroatoms. The lowest BCUT2D eigenvalue weighted by molar-refractivity contribution is 0.0507. The van der Waals surface area contributed by atoms with Gasteiger partial charge in [0.15, 0.2) is 0 Å². The predicted octanol–water partition coefficient (Wildman–Crippen LogP) is 0.853. The molecule has 1 N–H and O–H groups in total. The molecule has 1 unspecified atom stereocenters. The predicted molar refractivity (Wildman–Crippen MR) is 56.1 cm³/mol. The van der Waals surface area contributed by atoms with Crippen LogP contribution in [0.5, 0.6) is 0 Å². The van der Waals surface area contributed by atoms with Crippen molar-refractivity contribution in [2.45, 2.75) is 26.6 Å². The Morgan fingerprint density at radius 1 is 1.64 bits per heavy atom. The first-order valence-corrected chi connectivity index (χ1v) is 4.89. The van der Waals surface area contributed by atoms with E-state index in [0.717, 1.165) is 17.9 Å². The Bertz CT molecular complexity index is 283. The molecule has 1 rings (SSSR count). The molecule has 0 aliphatic heterocycles. The average Bonchev–Trinajstić information content (AvgIpc) is 2.42. The van der Waals surface area contributed by atoms with Crippen LogP contribution in [-0.4, -0.2) is 29.5 Å². The van der Waals surface area contributed by atoms with E-state index >= 15 is 0 Å². The lowest BCUT2D eigenvalue weighted by Crippen LogP contribution is -2.23. The molecular weight excluding hydrogens is 178 g/mol. The first kappa shape index (κ1) is 11.2. The van der Waals surface area contributed by atoms with Crippen molar-refractivity contribution in [2.75, 3.05) is 13.6 Å². The van der Waals surface area contributed by atoms with Gasteiger partial charge in [0, 0.05) is 13.6 Å². The molecule has 0 amide bonds. The maximum absolute atomic E-state index is 5.64. The fraction of sp³-hybridized carbons (Fsp3) is 0.700. The molecule has 0 spiro atoms. The van der Waals surface area contributed by atoms with Crippen LogP contribution in [0.1, 0.15) is 18.3 Å². The van der Waals surface area contributed by atoms with E-state index in [2.05, 4.69) is 17.3 Å². The second-order valence-corrected chi connectivity index (χ2v) is 3.58. The maximum atomic E-state index is 5.64. The zero-order valence-corrected chi connectivity index (χ0v) is 9.37. The molecule has 0 saturated carbocycles. The van der Waals surface area contributed by atoms with Crippen molar-refractivity contribution in [3.63, 3.8) is 0 Å². The zero-order chi connectivity index (χ0) is 10.6. The number of aromatic nitrogens is 2. The van der Waals surface area contributed by atoms with Gasteiger partial charge in [-0.3, -0.25) is 4.68 Å². The number of rotatable bonds is 5. The van der Waals surface area contributed by atoms with Gasteiger partial charge in [-0.25, -0.2) is 0 Å². The minimum Gasteiger partial charge on any atom is -0.371 e. The lowest BCUT2D eigenvalue weighted by Gasteiger charge is -2.11. The molecule has 0 saturated heterocycles. The van der Waals surface area contributed by atoms with Gasteiger partial charge >= 0.3 is 0 Å². The number of aryl methyl sites for hydroxylation is 2. The Morgan fingerprint density at radius 2 is 2.36 bits per heavy atom. The van der Waals surface area contributed by atoms with E-state index in [4.69, 9.17) is 4.74 Å². The molecule has 0 aliphatic carbocycles. The smallest absolute Gasteiger partial charge is 0.0889 e. The highest BCUT2D eigenvalue weighted by Gasteiger charge is 2.05. The molecule has 1 aromatic heterocycles. The monoisotopic (exact) mass is 197 g/mol. The Kier molecular flexibility index (Phi) is 4.10. The number of likely N-dealkylation sites (N-methyl/N-ethyl adjacent to an activating group) is 1. The first-order valence-electron chi connectivity index (χ1n) is 4.89. The van der Waals surface area contributed by atoms with E-state index in [-0.39, 0.29) is 6.10 Å². The summed E-state index contributed by atoms with van der Waals surface area (Å²) in [7, 11) is 3.86. The number of ether oxygens (including phenoxy) is 1. The summed E-state index contributed by atoms with van der Waals surface area (Å²) in [6.07, 6.45) is 0.232. The summed E-state index contributed by atoms with van der Waals surface area (Å²) < 4.78 is 7.50. The van der Waals surface area contributed by atoms with Crippen molar-refractivity contribution in [1.29, 1.82) is 0 Å². The largest absolute Gasteiger partial charge is 0.371 e. The fourth-order valence-electron chi connectivity index (χ4n) is 1.37. The van der Waals surface area contributed by atoms with Gasteiger partial charge < -0.3 is 10.1 Å². The van der Waals surface area contributed by atoms with Crippen LogP contribution < -0.4 is 5.32 Å². The Hall–Kier alpha value is -0.870. The number of nitrogens with one attached hydrogen (secondary N) is 1. The summed E-state index contributed by atoms with van der Waals surface area (Å²) >= 11 is 0. The van der Waals surface area contributed by atoms with Gasteiger partial charge in [0.1, 0.15) is 0 Å². The van der Waals surface area contributed by atoms with E-state index < -0.39 is 0 Å². The molecule has 0 bridgehead atoms. The third-order valence-corrected chi connectivity index (χ3v) is 2.11. The molecule has 14 heavy (non-hydrogen) atoms. The summed E-state index contributed by atoms with van der Waals surface area (Å²) in [5, 5.41) is 7.33. The summed E-state index contributed by atoms with van der Waals surface area (Å²) in [5.41, 5.74) is 2.15. The second-order valence-electron chi connectivity index (χ2n) is 3.58. The molecule has 1 heterocycles. The molecule has 1 atom stereocenters. The molecule has 0 aliphatic rings. The number of nitrogens with zero attached hydrogens (tertiary/aromatic N) is 2. The lowest BCUT2D eigenvalue weighted by atomic mass is 10.3. The SMILES string of the molecule is CNCC(C)OCc1cc(C)nn1C. The van der Waals surface area contributed by atoms with Crippen molar-refractivity contribution in [1.82, 2.24) is 15.1 Å². The highest BCUT2D eigenvalue weighted by Crippen LogP contribution is 2.04. The molecule has 4 nitrogen and oxygen atoms in total. The molecule has 1 aromatic rings. The van der Waals surface area contributed by atoms with Gasteiger partial charge in [-0.2, -0.15) is 5.10 Å². The van der Waals surface area contributed by atoms with E-state index in [9.17, 15) is 0 Å². The van der Waals surface area contributed by atoms with Gasteiger partial charge in [-0.15, -0.1) is 0 Å². The van der Waals surface area contributed by atoms with E-state index in [1.165, 1.54) is 0 Å². The minimum atomic E-state index is 0.232. The van der Waals surface area contributed by atoms with Crippen molar-refractivity contribution in [2.24, 2.45) is 7.05 Å². The van der Waals surface area contributed by atoms with Gasteiger partial charge in [0.05, 0.1) is 24.1 Å². The molecule has 0 aromatic carbocycles. The highest BCUT2D eigenvalue weighted by molar-refractivity contribution is 5.07. The topological polar surface area (TPSA) is 39.1 Å². The standard InChI is InChI=1S/C10H19N3O/c1-8-5-10(13(4)12-8)7-14-9(2)6-11-3/h5,9,11H,6-7H2,1-4H3. The number of hydrogen-bond acceptors (Lipinski definition) is 3. The third-order valence-electron chi connectivity index (χ3n) is 2.11. The molecule has 0 fully saturated rings. The summed E-state index contributed by atoms with van der Waals surface area (Å²) in [6.45, 7) is 5.54. The van der Waals surface area contributed by atoms with Gasteiger partial charge in [0.25, 0.3) is 0 Å². The van der Waals surface area contributed by atoms with E-state index in [1.54, 1.807) is 0 Å². The van der Waals surface area contributed by atoms with Gasteiger partial charge in [0.2, 0.25) is 0 Å². The quantitative estimate of drug-likeness (QED) is 0.760. The van der Waals surface area contributed by atoms with Crippen molar-refractivity contribution in [3.05, 3.63) is 17.5 Å². The van der Waals surface area contributed by atoms with Crippen LogP contribution in [0, 0.1) is 6.92 Å². The van der Waals surface area contributed by atoms with Crippen LogP contribution in [0.25, 0.3) is 0 Å².